The van der Waals surface area contributed by atoms with Gasteiger partial charge < -0.3 is 9.62 Å². The normalized spacial score (nSPS) is 10.3. The summed E-state index contributed by atoms with van der Waals surface area (Å²) in [4.78, 5) is 4.41. The van der Waals surface area contributed by atoms with Crippen molar-refractivity contribution in [3.05, 3.63) is 24.3 Å². The van der Waals surface area contributed by atoms with Crippen molar-refractivity contribution in [2.75, 3.05) is 28.2 Å². The van der Waals surface area contributed by atoms with Crippen LogP contribution in [0.4, 0.5) is 0 Å². The molecule has 0 N–H and O–H groups in total. The van der Waals surface area contributed by atoms with E-state index in [-0.39, 0.29) is 29.6 Å². The van der Waals surface area contributed by atoms with E-state index >= 15 is 0 Å². The molecule has 0 unspecified atom stereocenters. The Balaban J connectivity index is 0.00000144. The Bertz CT molecular complexity index is 214. The molecule has 2 nitrogen and oxygen atoms in total. The molecular weight excluding hydrogens is 170 g/mol. The Morgan fingerprint density at radius 3 is 1.62 bits per heavy atom. The fraction of sp³-hybridized carbons (Fsp3) is 0.444. The van der Waals surface area contributed by atoms with E-state index in [9.17, 15) is 0 Å². The van der Waals surface area contributed by atoms with E-state index in [1.54, 1.807) is 0 Å². The maximum atomic E-state index is 2.20. The molecule has 0 aromatic heterocycles. The van der Waals surface area contributed by atoms with Gasteiger partial charge in [-0.3, -0.25) is 0 Å². The molecule has 1 aromatic carbocycles. The summed E-state index contributed by atoms with van der Waals surface area (Å²) in [5.74, 6) is 0. The molecule has 0 spiro atoms. The summed E-state index contributed by atoms with van der Waals surface area (Å²) >= 11 is 0. The Labute approximate surface area is 104 Å². The number of nitrogens with zero attached hydrogens (tertiary/aromatic N) is 2. The molecule has 1 rings (SSSR count). The quantitative estimate of drug-likeness (QED) is 0.372. The van der Waals surface area contributed by atoms with Crippen LogP contribution in [0, 0.1) is 0 Å². The number of hydrogen-bond donors (Lipinski definition) is 0. The van der Waals surface area contributed by atoms with Crippen LogP contribution in [0.1, 0.15) is 0 Å². The third-order valence-electron chi connectivity index (χ3n) is 1.96. The maximum Gasteiger partial charge on any atom is 1.00 e. The first-order chi connectivity index (χ1) is 5.63. The van der Waals surface area contributed by atoms with Gasteiger partial charge in [0.25, 0.3) is 6.98 Å². The van der Waals surface area contributed by atoms with Crippen LogP contribution in [0.2, 0.25) is 0 Å². The van der Waals surface area contributed by atoms with Crippen LogP contribution < -0.4 is 35.0 Å². The van der Waals surface area contributed by atoms with Gasteiger partial charge in [0.2, 0.25) is 0 Å². The Morgan fingerprint density at radius 1 is 0.923 bits per heavy atom. The van der Waals surface area contributed by atoms with Crippen LogP contribution in [0.15, 0.2) is 24.3 Å². The van der Waals surface area contributed by atoms with Crippen LogP contribution in [-0.4, -0.2) is 44.8 Å². The van der Waals surface area contributed by atoms with E-state index in [0.717, 1.165) is 0 Å². The van der Waals surface area contributed by atoms with Crippen LogP contribution in [0.3, 0.4) is 0 Å². The Morgan fingerprint density at radius 2 is 1.31 bits per heavy atom. The average molecular weight is 186 g/mol. The molecule has 13 heavy (non-hydrogen) atoms. The first kappa shape index (κ1) is 13.3. The summed E-state index contributed by atoms with van der Waals surface area (Å²) in [5.41, 5.74) is 1.35. The van der Waals surface area contributed by atoms with Crippen molar-refractivity contribution in [1.82, 2.24) is 9.62 Å². The molecule has 0 saturated carbocycles. The molecular formula is C9H16BN2Na. The average Bonchev–Trinajstić information content (AvgIpc) is 2.37. The van der Waals surface area contributed by atoms with Crippen LogP contribution >= 0.6 is 0 Å². The smallest absolute Gasteiger partial charge is 0.341 e. The molecule has 0 saturated heterocycles. The van der Waals surface area contributed by atoms with Crippen LogP contribution in [-0.2, 0) is 0 Å². The molecule has 0 bridgehead atoms. The molecule has 66 valence electrons. The van der Waals surface area contributed by atoms with Gasteiger partial charge in [0.1, 0.15) is 0 Å². The minimum Gasteiger partial charge on any atom is -0.341 e. The molecule has 0 radical (unpaired) electrons. The van der Waals surface area contributed by atoms with Gasteiger partial charge in [-0.2, -0.15) is 12.1 Å². The van der Waals surface area contributed by atoms with Gasteiger partial charge >= 0.3 is 29.6 Å². The third-order valence-corrected chi connectivity index (χ3v) is 1.96. The van der Waals surface area contributed by atoms with Gasteiger partial charge in [0.15, 0.2) is 0 Å². The Hall–Kier alpha value is 0.335. The van der Waals surface area contributed by atoms with Gasteiger partial charge in [-0.25, -0.2) is 12.1 Å². The molecule has 0 aliphatic rings. The maximum absolute atomic E-state index is 2.20. The molecule has 0 amide bonds. The molecule has 1 aromatic rings. The number of rotatable bonds is 3. The van der Waals surface area contributed by atoms with Gasteiger partial charge in [0, 0.05) is 0 Å². The predicted molar refractivity (Wildman–Crippen MR) is 54.8 cm³/mol. The molecule has 0 aliphatic heterocycles. The van der Waals surface area contributed by atoms with Gasteiger partial charge in [-0.05, 0) is 28.2 Å². The summed E-state index contributed by atoms with van der Waals surface area (Å²) in [5, 5.41) is 0. The minimum atomic E-state index is 0. The van der Waals surface area contributed by atoms with Crippen molar-refractivity contribution in [1.29, 1.82) is 0 Å². The largest absolute Gasteiger partial charge is 1.00 e. The van der Waals surface area contributed by atoms with Gasteiger partial charge in [-0.15, -0.1) is 5.46 Å². The summed E-state index contributed by atoms with van der Waals surface area (Å²) in [6, 6.07) is 8.47. The first-order valence-electron chi connectivity index (χ1n) is 4.17. The minimum absolute atomic E-state index is 0. The van der Waals surface area contributed by atoms with Crippen molar-refractivity contribution < 1.29 is 29.6 Å². The number of hydrogen-bond acceptors (Lipinski definition) is 2. The van der Waals surface area contributed by atoms with Crippen molar-refractivity contribution in [3.8, 4) is 0 Å². The van der Waals surface area contributed by atoms with E-state index in [4.69, 9.17) is 0 Å². The molecule has 0 aliphatic carbocycles. The second-order valence-electron chi connectivity index (χ2n) is 3.52. The molecule has 0 fully saturated rings. The SMILES string of the molecule is CN(C)B([c-]1cccc1)N(C)C.[Na+]. The summed E-state index contributed by atoms with van der Waals surface area (Å²) < 4.78 is 0. The van der Waals surface area contributed by atoms with E-state index in [2.05, 4.69) is 62.1 Å². The van der Waals surface area contributed by atoms with E-state index in [1.807, 2.05) is 0 Å². The first-order valence-corrected chi connectivity index (χ1v) is 4.17. The fourth-order valence-corrected chi connectivity index (χ4v) is 1.62. The Kier molecular flexibility index (Phi) is 6.09. The van der Waals surface area contributed by atoms with Crippen molar-refractivity contribution >= 4 is 12.4 Å². The van der Waals surface area contributed by atoms with Crippen LogP contribution in [0.5, 0.6) is 0 Å². The zero-order valence-electron chi connectivity index (χ0n) is 9.28. The van der Waals surface area contributed by atoms with Gasteiger partial charge in [-0.1, -0.05) is 0 Å². The van der Waals surface area contributed by atoms with E-state index in [1.165, 1.54) is 5.46 Å². The predicted octanol–water partition coefficient (Wildman–Crippen LogP) is -2.77. The van der Waals surface area contributed by atoms with Crippen molar-refractivity contribution in [3.63, 3.8) is 0 Å². The van der Waals surface area contributed by atoms with E-state index < -0.39 is 0 Å². The van der Waals surface area contributed by atoms with Gasteiger partial charge in [0.05, 0.1) is 0 Å². The van der Waals surface area contributed by atoms with E-state index in [0.29, 0.717) is 6.98 Å². The van der Waals surface area contributed by atoms with Crippen molar-refractivity contribution in [2.45, 2.75) is 0 Å². The molecule has 0 atom stereocenters. The second-order valence-corrected chi connectivity index (χ2v) is 3.52. The van der Waals surface area contributed by atoms with Crippen LogP contribution in [0.25, 0.3) is 0 Å². The standard InChI is InChI=1S/C9H16BN2.Na/c1-11(2)10(12(3)4)9-7-5-6-8-9;/h5-8H,1-4H3;/q-1;+1. The topological polar surface area (TPSA) is 6.48 Å². The zero-order chi connectivity index (χ0) is 9.14. The summed E-state index contributed by atoms with van der Waals surface area (Å²) in [7, 11) is 8.38. The molecule has 4 heteroatoms. The summed E-state index contributed by atoms with van der Waals surface area (Å²) in [6.07, 6.45) is 0. The third kappa shape index (κ3) is 3.52. The zero-order valence-corrected chi connectivity index (χ0v) is 11.3. The molecule has 0 heterocycles. The second kappa shape index (κ2) is 5.94. The monoisotopic (exact) mass is 186 g/mol. The summed E-state index contributed by atoms with van der Waals surface area (Å²) in [6.45, 7) is 0.389. The fourth-order valence-electron chi connectivity index (χ4n) is 1.62. The van der Waals surface area contributed by atoms with Crippen molar-refractivity contribution in [2.24, 2.45) is 0 Å².